The molecule has 1 aromatic heterocycles. The zero-order valence-electron chi connectivity index (χ0n) is 11.1. The number of nitrogens with zero attached hydrogens (tertiary/aromatic N) is 2. The molecule has 1 aromatic rings. The van der Waals surface area contributed by atoms with Gasteiger partial charge in [0.1, 0.15) is 0 Å². The monoisotopic (exact) mass is 261 g/mol. The molecule has 0 aromatic carbocycles. The molecule has 1 saturated heterocycles. The van der Waals surface area contributed by atoms with Crippen LogP contribution in [0, 0.1) is 5.41 Å². The first-order valence-electron chi connectivity index (χ1n) is 6.58. The van der Waals surface area contributed by atoms with Crippen molar-refractivity contribution in [2.75, 3.05) is 13.1 Å². The zero-order chi connectivity index (χ0) is 13.9. The number of hydrogen-bond acceptors (Lipinski definition) is 3. The summed E-state index contributed by atoms with van der Waals surface area (Å²) in [6, 6.07) is 3.47. The number of rotatable bonds is 3. The predicted octanol–water partition coefficient (Wildman–Crippen LogP) is 1.20. The Hall–Kier alpha value is -1.91. The number of amides is 2. The van der Waals surface area contributed by atoms with Crippen LogP contribution >= 0.6 is 0 Å². The Morgan fingerprint density at radius 2 is 2.32 bits per heavy atom. The molecule has 1 aliphatic rings. The maximum atomic E-state index is 12.4. The fourth-order valence-corrected chi connectivity index (χ4v) is 2.64. The van der Waals surface area contributed by atoms with Gasteiger partial charge in [0.05, 0.1) is 11.0 Å². The predicted molar refractivity (Wildman–Crippen MR) is 71.3 cm³/mol. The second-order valence-electron chi connectivity index (χ2n) is 5.07. The van der Waals surface area contributed by atoms with Gasteiger partial charge in [-0.2, -0.15) is 0 Å². The van der Waals surface area contributed by atoms with Gasteiger partial charge in [-0.25, -0.2) is 0 Å². The summed E-state index contributed by atoms with van der Waals surface area (Å²) in [5, 5.41) is 0. The molecule has 2 amide bonds. The van der Waals surface area contributed by atoms with Crippen molar-refractivity contribution in [3.63, 3.8) is 0 Å². The third-order valence-corrected chi connectivity index (χ3v) is 3.97. The second-order valence-corrected chi connectivity index (χ2v) is 5.07. The molecule has 0 bridgehead atoms. The smallest absolute Gasteiger partial charge is 0.255 e. The van der Waals surface area contributed by atoms with Crippen LogP contribution < -0.4 is 5.73 Å². The lowest BCUT2D eigenvalue weighted by molar-refractivity contribution is -0.130. The summed E-state index contributed by atoms with van der Waals surface area (Å²) in [6.45, 7) is 3.03. The third-order valence-electron chi connectivity index (χ3n) is 3.97. The van der Waals surface area contributed by atoms with Gasteiger partial charge in [-0.3, -0.25) is 14.6 Å². The second kappa shape index (κ2) is 5.38. The number of likely N-dealkylation sites (tertiary alicyclic amines) is 1. The van der Waals surface area contributed by atoms with Crippen molar-refractivity contribution < 1.29 is 9.59 Å². The maximum Gasteiger partial charge on any atom is 0.255 e. The summed E-state index contributed by atoms with van der Waals surface area (Å²) in [6.07, 6.45) is 5.42. The van der Waals surface area contributed by atoms with Crippen LogP contribution in [0.25, 0.3) is 0 Å². The molecule has 1 aliphatic heterocycles. The molecular weight excluding hydrogens is 242 g/mol. The van der Waals surface area contributed by atoms with E-state index in [-0.39, 0.29) is 11.8 Å². The van der Waals surface area contributed by atoms with Gasteiger partial charge < -0.3 is 10.6 Å². The van der Waals surface area contributed by atoms with Crippen LogP contribution in [0.5, 0.6) is 0 Å². The SMILES string of the molecule is CCC1(C(N)=O)CCCN(C(=O)c2cccnc2)C1. The zero-order valence-corrected chi connectivity index (χ0v) is 11.1. The molecule has 0 spiro atoms. The molecule has 0 aliphatic carbocycles. The van der Waals surface area contributed by atoms with Crippen molar-refractivity contribution >= 4 is 11.8 Å². The lowest BCUT2D eigenvalue weighted by Gasteiger charge is -2.40. The van der Waals surface area contributed by atoms with Crippen LogP contribution in [-0.2, 0) is 4.79 Å². The highest BCUT2D eigenvalue weighted by molar-refractivity contribution is 5.94. The third kappa shape index (κ3) is 2.59. The maximum absolute atomic E-state index is 12.4. The van der Waals surface area contributed by atoms with E-state index in [0.29, 0.717) is 25.1 Å². The van der Waals surface area contributed by atoms with Gasteiger partial charge in [-0.15, -0.1) is 0 Å². The summed E-state index contributed by atoms with van der Waals surface area (Å²) in [5.74, 6) is -0.384. The lowest BCUT2D eigenvalue weighted by Crippen LogP contribution is -2.51. The molecule has 1 atom stereocenters. The number of pyridine rings is 1. The van der Waals surface area contributed by atoms with Crippen molar-refractivity contribution in [3.8, 4) is 0 Å². The highest BCUT2D eigenvalue weighted by atomic mass is 16.2. The molecule has 2 heterocycles. The first-order chi connectivity index (χ1) is 9.09. The normalized spacial score (nSPS) is 23.1. The van der Waals surface area contributed by atoms with E-state index in [1.54, 1.807) is 29.4 Å². The molecule has 1 fully saturated rings. The molecule has 5 heteroatoms. The Bertz CT molecular complexity index is 475. The van der Waals surface area contributed by atoms with E-state index in [9.17, 15) is 9.59 Å². The summed E-state index contributed by atoms with van der Waals surface area (Å²) in [4.78, 5) is 29.7. The first kappa shape index (κ1) is 13.5. The Morgan fingerprint density at radius 1 is 1.53 bits per heavy atom. The number of carbonyl (C=O) groups excluding carboxylic acids is 2. The van der Waals surface area contributed by atoms with E-state index in [4.69, 9.17) is 5.73 Å². The minimum absolute atomic E-state index is 0.0770. The number of carbonyl (C=O) groups is 2. The van der Waals surface area contributed by atoms with Crippen LogP contribution in [0.4, 0.5) is 0 Å². The van der Waals surface area contributed by atoms with Gasteiger partial charge in [0.15, 0.2) is 0 Å². The lowest BCUT2D eigenvalue weighted by atomic mass is 9.77. The van der Waals surface area contributed by atoms with Gasteiger partial charge in [-0.05, 0) is 31.4 Å². The van der Waals surface area contributed by atoms with E-state index < -0.39 is 5.41 Å². The van der Waals surface area contributed by atoms with Crippen LogP contribution in [-0.4, -0.2) is 34.8 Å². The molecule has 0 saturated carbocycles. The largest absolute Gasteiger partial charge is 0.369 e. The number of nitrogens with two attached hydrogens (primary N) is 1. The van der Waals surface area contributed by atoms with E-state index in [1.165, 1.54) is 0 Å². The van der Waals surface area contributed by atoms with Crippen molar-refractivity contribution in [2.24, 2.45) is 11.1 Å². The van der Waals surface area contributed by atoms with Crippen LogP contribution in [0.3, 0.4) is 0 Å². The van der Waals surface area contributed by atoms with E-state index in [0.717, 1.165) is 12.8 Å². The summed E-state index contributed by atoms with van der Waals surface area (Å²) in [7, 11) is 0. The van der Waals surface area contributed by atoms with Gasteiger partial charge in [0, 0.05) is 25.5 Å². The van der Waals surface area contributed by atoms with Crippen molar-refractivity contribution in [2.45, 2.75) is 26.2 Å². The molecule has 19 heavy (non-hydrogen) atoms. The van der Waals surface area contributed by atoms with E-state index >= 15 is 0 Å². The number of hydrogen-bond donors (Lipinski definition) is 1. The number of aromatic nitrogens is 1. The molecule has 0 radical (unpaired) electrons. The van der Waals surface area contributed by atoms with Crippen LogP contribution in [0.15, 0.2) is 24.5 Å². The van der Waals surface area contributed by atoms with Crippen LogP contribution in [0.2, 0.25) is 0 Å². The van der Waals surface area contributed by atoms with Crippen LogP contribution in [0.1, 0.15) is 36.5 Å². The number of piperidine rings is 1. The summed E-state index contributed by atoms with van der Waals surface area (Å²) < 4.78 is 0. The standard InChI is InChI=1S/C14H19N3O2/c1-2-14(13(15)19)6-4-8-17(10-14)12(18)11-5-3-7-16-9-11/h3,5,7,9H,2,4,6,8,10H2,1H3,(H2,15,19). The molecule has 102 valence electrons. The quantitative estimate of drug-likeness (QED) is 0.888. The summed E-state index contributed by atoms with van der Waals surface area (Å²) in [5.41, 5.74) is 5.51. The fourth-order valence-electron chi connectivity index (χ4n) is 2.64. The van der Waals surface area contributed by atoms with E-state index in [1.807, 2.05) is 6.92 Å². The Balaban J connectivity index is 2.18. The molecule has 2 rings (SSSR count). The molecule has 1 unspecified atom stereocenters. The molecule has 5 nitrogen and oxygen atoms in total. The highest BCUT2D eigenvalue weighted by Gasteiger charge is 2.40. The Morgan fingerprint density at radius 3 is 2.89 bits per heavy atom. The Labute approximate surface area is 112 Å². The van der Waals surface area contributed by atoms with Gasteiger partial charge in [-0.1, -0.05) is 6.92 Å². The Kier molecular flexibility index (Phi) is 3.83. The average molecular weight is 261 g/mol. The van der Waals surface area contributed by atoms with Crippen molar-refractivity contribution in [1.29, 1.82) is 0 Å². The van der Waals surface area contributed by atoms with Gasteiger partial charge in [0.25, 0.3) is 5.91 Å². The molecule has 2 N–H and O–H groups in total. The van der Waals surface area contributed by atoms with E-state index in [2.05, 4.69) is 4.98 Å². The first-order valence-corrected chi connectivity index (χ1v) is 6.58. The fraction of sp³-hybridized carbons (Fsp3) is 0.500. The minimum Gasteiger partial charge on any atom is -0.369 e. The summed E-state index contributed by atoms with van der Waals surface area (Å²) >= 11 is 0. The van der Waals surface area contributed by atoms with Gasteiger partial charge in [0.2, 0.25) is 5.91 Å². The van der Waals surface area contributed by atoms with Crippen molar-refractivity contribution in [1.82, 2.24) is 9.88 Å². The average Bonchev–Trinajstić information content (AvgIpc) is 2.47. The molecular formula is C14H19N3O2. The number of primary amides is 1. The topological polar surface area (TPSA) is 76.3 Å². The highest BCUT2D eigenvalue weighted by Crippen LogP contribution is 2.33. The van der Waals surface area contributed by atoms with Gasteiger partial charge >= 0.3 is 0 Å². The minimum atomic E-state index is -0.573. The van der Waals surface area contributed by atoms with Crippen molar-refractivity contribution in [3.05, 3.63) is 30.1 Å².